The Morgan fingerprint density at radius 2 is 1.78 bits per heavy atom. The Morgan fingerprint density at radius 3 is 2.34 bits per heavy atom. The van der Waals surface area contributed by atoms with Gasteiger partial charge < -0.3 is 28.8 Å². The van der Waals surface area contributed by atoms with Crippen molar-refractivity contribution in [1.29, 1.82) is 0 Å². The normalized spacial score (nSPS) is 42.6. The van der Waals surface area contributed by atoms with Crippen LogP contribution in [0.3, 0.4) is 0 Å². The van der Waals surface area contributed by atoms with Gasteiger partial charge in [0.15, 0.2) is 5.78 Å². The van der Waals surface area contributed by atoms with E-state index in [1.807, 2.05) is 13.8 Å². The van der Waals surface area contributed by atoms with Crippen LogP contribution in [-0.4, -0.2) is 73.6 Å². The Morgan fingerprint density at radius 1 is 1.10 bits per heavy atom. The summed E-state index contributed by atoms with van der Waals surface area (Å²) in [5.74, 6) is -4.84. The molecule has 0 aromatic heterocycles. The van der Waals surface area contributed by atoms with Crippen LogP contribution in [0.1, 0.15) is 47.5 Å². The molecule has 1 N–H and O–H groups in total. The number of aliphatic hydroxyl groups excluding tert-OH is 1. The lowest BCUT2D eigenvalue weighted by atomic mass is 9.41. The van der Waals surface area contributed by atoms with Crippen molar-refractivity contribution >= 4 is 29.7 Å². The highest BCUT2D eigenvalue weighted by atomic mass is 16.6. The molecular weight excluding hydrogens is 536 g/mol. The monoisotopic (exact) mass is 572 g/mol. The fourth-order valence-corrected chi connectivity index (χ4v) is 8.76. The van der Waals surface area contributed by atoms with Gasteiger partial charge in [-0.15, -0.1) is 0 Å². The van der Waals surface area contributed by atoms with Crippen molar-refractivity contribution in [3.05, 3.63) is 34.9 Å². The topological polar surface area (TPSA) is 152 Å². The van der Waals surface area contributed by atoms with Crippen LogP contribution in [0.25, 0.3) is 0 Å². The van der Waals surface area contributed by atoms with Crippen molar-refractivity contribution in [2.45, 2.75) is 72.1 Å². The Labute approximate surface area is 237 Å². The lowest BCUT2D eigenvalue weighted by molar-refractivity contribution is -0.226. The molecule has 1 saturated heterocycles. The van der Waals surface area contributed by atoms with Crippen molar-refractivity contribution in [2.24, 2.45) is 34.0 Å². The standard InChI is InChI=1S/C30H36O11/c1-13-15(16-11-21(34)41-26(16)35)10-17-22(13)30(5)18(12-20(33)37-6)29(4)19(32)8-9-28(3,27(36)38-7)24(29)23(25(30)40-17)39-14(2)31/h8-9,11,15,17-18,21,23-25,34H,10,12H2,1-7H3/t15-,17-,18-,21?,23-,24+,25-,28-,29+,30-/m1/s1. The van der Waals surface area contributed by atoms with Crippen molar-refractivity contribution in [3.8, 4) is 0 Å². The van der Waals surface area contributed by atoms with Gasteiger partial charge in [-0.2, -0.15) is 0 Å². The summed E-state index contributed by atoms with van der Waals surface area (Å²) in [4.78, 5) is 65.5. The molecule has 0 bridgehead atoms. The van der Waals surface area contributed by atoms with Gasteiger partial charge in [0.05, 0.1) is 32.2 Å². The second-order valence-electron chi connectivity index (χ2n) is 12.3. The number of hydrogen-bond acceptors (Lipinski definition) is 11. The van der Waals surface area contributed by atoms with Gasteiger partial charge in [-0.1, -0.05) is 25.5 Å². The quantitative estimate of drug-likeness (QED) is 0.292. The summed E-state index contributed by atoms with van der Waals surface area (Å²) >= 11 is 0. The van der Waals surface area contributed by atoms with Crippen LogP contribution < -0.4 is 0 Å². The molecule has 3 aliphatic carbocycles. The van der Waals surface area contributed by atoms with Crippen LogP contribution in [0.5, 0.6) is 0 Å². The molecule has 0 amide bonds. The minimum absolute atomic E-state index is 0.179. The summed E-state index contributed by atoms with van der Waals surface area (Å²) in [5, 5.41) is 9.90. The first kappa shape index (κ1) is 29.2. The molecule has 0 radical (unpaired) electrons. The summed E-state index contributed by atoms with van der Waals surface area (Å²) in [5.41, 5.74) is -1.93. The summed E-state index contributed by atoms with van der Waals surface area (Å²) in [6, 6.07) is 0. The summed E-state index contributed by atoms with van der Waals surface area (Å²) in [7, 11) is 2.51. The van der Waals surface area contributed by atoms with Crippen molar-refractivity contribution in [2.75, 3.05) is 14.2 Å². The third kappa shape index (κ3) is 3.88. The molecule has 5 aliphatic rings. The van der Waals surface area contributed by atoms with E-state index in [4.69, 9.17) is 23.7 Å². The van der Waals surface area contributed by atoms with Gasteiger partial charge in [0.25, 0.3) is 0 Å². The second kappa shape index (κ2) is 9.62. The Balaban J connectivity index is 1.76. The third-order valence-electron chi connectivity index (χ3n) is 10.4. The fourth-order valence-electron chi connectivity index (χ4n) is 8.76. The van der Waals surface area contributed by atoms with Gasteiger partial charge in [0.1, 0.15) is 12.2 Å². The van der Waals surface area contributed by atoms with Crippen LogP contribution in [0, 0.1) is 34.0 Å². The van der Waals surface area contributed by atoms with Gasteiger partial charge in [0.2, 0.25) is 6.29 Å². The van der Waals surface area contributed by atoms with Crippen LogP contribution in [0.4, 0.5) is 0 Å². The van der Waals surface area contributed by atoms with E-state index >= 15 is 0 Å². The molecule has 1 unspecified atom stereocenters. The minimum Gasteiger partial charge on any atom is -0.469 e. The number of hydrogen-bond donors (Lipinski definition) is 1. The second-order valence-corrected chi connectivity index (χ2v) is 12.3. The number of allylic oxidation sites excluding steroid dienone is 2. The van der Waals surface area contributed by atoms with Crippen LogP contribution in [0.2, 0.25) is 0 Å². The molecule has 2 heterocycles. The van der Waals surface area contributed by atoms with E-state index in [9.17, 15) is 29.1 Å². The Hall–Kier alpha value is -3.31. The van der Waals surface area contributed by atoms with Crippen LogP contribution in [-0.2, 0) is 47.7 Å². The fraction of sp³-hybridized carbons (Fsp3) is 0.633. The van der Waals surface area contributed by atoms with Gasteiger partial charge in [-0.25, -0.2) is 4.79 Å². The zero-order chi connectivity index (χ0) is 30.2. The zero-order valence-corrected chi connectivity index (χ0v) is 24.2. The average Bonchev–Trinajstić information content (AvgIpc) is 3.52. The highest BCUT2D eigenvalue weighted by Crippen LogP contribution is 2.70. The zero-order valence-electron chi connectivity index (χ0n) is 24.2. The van der Waals surface area contributed by atoms with Crippen molar-refractivity contribution in [3.63, 3.8) is 0 Å². The summed E-state index contributed by atoms with van der Waals surface area (Å²) < 4.78 is 27.9. The SMILES string of the molecule is COC(=O)C[C@H]1[C@]2(C)C3=C(C)[C@H](C4=CC(O)OC4=O)C[C@H]3O[C@@H]2[C@H](OC(C)=O)[C@@H]2[C@]1(C)C(=O)C=C[C@@]2(C)C(=O)OC. The summed E-state index contributed by atoms with van der Waals surface area (Å²) in [6.07, 6.45) is 0.599. The lowest BCUT2D eigenvalue weighted by Crippen LogP contribution is -2.70. The highest BCUT2D eigenvalue weighted by molar-refractivity contribution is 6.00. The number of esters is 4. The first-order chi connectivity index (χ1) is 19.2. The lowest BCUT2D eigenvalue weighted by Gasteiger charge is -2.62. The number of fused-ring (bicyclic) bond motifs is 4. The number of carbonyl (C=O) groups is 5. The maximum atomic E-state index is 14.0. The molecule has 2 fully saturated rings. The molecule has 5 rings (SSSR count). The van der Waals surface area contributed by atoms with E-state index < -0.39 is 82.5 Å². The molecule has 0 aromatic rings. The molecule has 10 atom stereocenters. The van der Waals surface area contributed by atoms with E-state index in [1.165, 1.54) is 39.4 Å². The van der Waals surface area contributed by atoms with Gasteiger partial charge >= 0.3 is 23.9 Å². The number of rotatable bonds is 5. The number of carbonyl (C=O) groups excluding carboxylic acids is 5. The minimum atomic E-state index is -1.40. The Bertz CT molecular complexity index is 1330. The number of ketones is 1. The Kier molecular flexibility index (Phi) is 6.85. The first-order valence-electron chi connectivity index (χ1n) is 13.7. The van der Waals surface area contributed by atoms with Crippen LogP contribution in [0.15, 0.2) is 34.9 Å². The van der Waals surface area contributed by atoms with E-state index in [0.717, 1.165) is 11.1 Å². The van der Waals surface area contributed by atoms with Crippen molar-refractivity contribution in [1.82, 2.24) is 0 Å². The smallest absolute Gasteiger partial charge is 0.337 e. The van der Waals surface area contributed by atoms with Gasteiger partial charge in [-0.05, 0) is 43.9 Å². The maximum Gasteiger partial charge on any atom is 0.337 e. The number of methoxy groups -OCH3 is 2. The van der Waals surface area contributed by atoms with Crippen LogP contribution >= 0.6 is 0 Å². The average molecular weight is 573 g/mol. The van der Waals surface area contributed by atoms with E-state index in [0.29, 0.717) is 12.0 Å². The highest BCUT2D eigenvalue weighted by Gasteiger charge is 2.75. The number of ether oxygens (including phenoxy) is 5. The molecule has 0 aromatic carbocycles. The predicted molar refractivity (Wildman–Crippen MR) is 139 cm³/mol. The van der Waals surface area contributed by atoms with Gasteiger partial charge in [0, 0.05) is 35.2 Å². The van der Waals surface area contributed by atoms with E-state index in [2.05, 4.69) is 0 Å². The molecule has 11 heteroatoms. The largest absolute Gasteiger partial charge is 0.469 e. The molecule has 41 heavy (non-hydrogen) atoms. The number of aliphatic hydroxyl groups is 1. The summed E-state index contributed by atoms with van der Waals surface area (Å²) in [6.45, 7) is 8.35. The molecular formula is C30H36O11. The molecule has 0 spiro atoms. The van der Waals surface area contributed by atoms with E-state index in [-0.39, 0.29) is 12.2 Å². The van der Waals surface area contributed by atoms with E-state index in [1.54, 1.807) is 13.8 Å². The van der Waals surface area contributed by atoms with Gasteiger partial charge in [-0.3, -0.25) is 19.2 Å². The molecule has 1 saturated carbocycles. The maximum absolute atomic E-state index is 14.0. The predicted octanol–water partition coefficient (Wildman–Crippen LogP) is 1.96. The first-order valence-corrected chi connectivity index (χ1v) is 13.7. The molecule has 2 aliphatic heterocycles. The van der Waals surface area contributed by atoms with Crippen molar-refractivity contribution < 1.29 is 52.8 Å². The molecule has 222 valence electrons. The number of cyclic esters (lactones) is 1. The third-order valence-corrected chi connectivity index (χ3v) is 10.4. The molecule has 11 nitrogen and oxygen atoms in total.